The van der Waals surface area contributed by atoms with Gasteiger partial charge in [-0.2, -0.15) is 15.2 Å². The van der Waals surface area contributed by atoms with Gasteiger partial charge in [-0.3, -0.25) is 5.43 Å². The normalized spacial score (nSPS) is 10.7. The van der Waals surface area contributed by atoms with Gasteiger partial charge in [0.2, 0.25) is 0 Å². The minimum absolute atomic E-state index is 0.295. The average molecular weight is 365 g/mol. The summed E-state index contributed by atoms with van der Waals surface area (Å²) in [6.07, 6.45) is 1.59. The summed E-state index contributed by atoms with van der Waals surface area (Å²) in [6, 6.07) is 15.3. The highest BCUT2D eigenvalue weighted by molar-refractivity contribution is 5.81. The van der Waals surface area contributed by atoms with Crippen molar-refractivity contribution in [1.29, 1.82) is 0 Å². The van der Waals surface area contributed by atoms with Crippen molar-refractivity contribution >= 4 is 12.0 Å². The summed E-state index contributed by atoms with van der Waals surface area (Å²) < 4.78 is 11.2. The molecule has 2 aromatic carbocycles. The molecular weight excluding hydrogens is 346 g/mol. The van der Waals surface area contributed by atoms with Gasteiger partial charge >= 0.3 is 5.69 Å². The van der Waals surface area contributed by atoms with Crippen molar-refractivity contribution in [3.05, 3.63) is 75.8 Å². The number of hydrogen-bond donors (Lipinski definition) is 2. The molecule has 0 saturated heterocycles. The van der Waals surface area contributed by atoms with Crippen LogP contribution in [0.3, 0.4) is 0 Å². The largest absolute Gasteiger partial charge is 0.493 e. The van der Waals surface area contributed by atoms with E-state index in [9.17, 15) is 4.79 Å². The van der Waals surface area contributed by atoms with Crippen molar-refractivity contribution in [2.75, 3.05) is 12.5 Å². The van der Waals surface area contributed by atoms with Gasteiger partial charge in [-0.25, -0.2) is 9.89 Å². The van der Waals surface area contributed by atoms with E-state index < -0.39 is 5.69 Å². The number of ether oxygens (including phenoxy) is 2. The van der Waals surface area contributed by atoms with Crippen LogP contribution in [-0.2, 0) is 6.61 Å². The Hall–Kier alpha value is -3.68. The Bertz CT molecular complexity index is 986. The molecule has 2 N–H and O–H groups in total. The van der Waals surface area contributed by atoms with Crippen molar-refractivity contribution in [3.8, 4) is 11.5 Å². The van der Waals surface area contributed by atoms with Gasteiger partial charge in [0.25, 0.3) is 0 Å². The van der Waals surface area contributed by atoms with E-state index in [1.165, 1.54) is 0 Å². The van der Waals surface area contributed by atoms with E-state index >= 15 is 0 Å². The summed E-state index contributed by atoms with van der Waals surface area (Å²) in [7, 11) is 1.59. The summed E-state index contributed by atoms with van der Waals surface area (Å²) in [5.41, 5.74) is 4.56. The molecule has 3 rings (SSSR count). The van der Waals surface area contributed by atoms with Gasteiger partial charge in [0, 0.05) is 0 Å². The number of aromatic nitrogens is 3. The molecule has 1 aromatic heterocycles. The number of aromatic amines is 1. The van der Waals surface area contributed by atoms with E-state index in [0.717, 1.165) is 11.1 Å². The minimum Gasteiger partial charge on any atom is -0.493 e. The first-order valence-electron chi connectivity index (χ1n) is 8.23. The van der Waals surface area contributed by atoms with E-state index in [1.54, 1.807) is 26.3 Å². The van der Waals surface area contributed by atoms with Crippen LogP contribution in [0.15, 0.2) is 58.4 Å². The molecule has 0 spiro atoms. The van der Waals surface area contributed by atoms with Crippen molar-refractivity contribution < 1.29 is 9.47 Å². The van der Waals surface area contributed by atoms with Crippen LogP contribution in [-0.4, -0.2) is 28.5 Å². The molecule has 1 heterocycles. The highest BCUT2D eigenvalue weighted by atomic mass is 16.5. The van der Waals surface area contributed by atoms with Crippen molar-refractivity contribution in [1.82, 2.24) is 15.2 Å². The Balaban J connectivity index is 1.72. The molecule has 138 valence electrons. The third-order valence-electron chi connectivity index (χ3n) is 3.68. The van der Waals surface area contributed by atoms with Crippen molar-refractivity contribution in [2.24, 2.45) is 5.10 Å². The van der Waals surface area contributed by atoms with Gasteiger partial charge < -0.3 is 9.47 Å². The Morgan fingerprint density at radius 1 is 1.19 bits per heavy atom. The van der Waals surface area contributed by atoms with Gasteiger partial charge in [0.05, 0.1) is 13.3 Å². The molecule has 0 amide bonds. The molecule has 3 aromatic rings. The average Bonchev–Trinajstić information content (AvgIpc) is 2.70. The first-order valence-corrected chi connectivity index (χ1v) is 8.23. The quantitative estimate of drug-likeness (QED) is 0.493. The molecule has 0 saturated carbocycles. The molecule has 8 heteroatoms. The minimum atomic E-state index is -0.542. The predicted octanol–water partition coefficient (Wildman–Crippen LogP) is 2.51. The summed E-state index contributed by atoms with van der Waals surface area (Å²) in [4.78, 5) is 15.0. The van der Waals surface area contributed by atoms with Gasteiger partial charge in [-0.15, -0.1) is 0 Å². The first kappa shape index (κ1) is 18.1. The lowest BCUT2D eigenvalue weighted by Gasteiger charge is -2.11. The first-order chi connectivity index (χ1) is 13.2. The fraction of sp³-hybridized carbons (Fsp3) is 0.158. The van der Waals surface area contributed by atoms with Crippen LogP contribution in [0.2, 0.25) is 0 Å². The smallest absolute Gasteiger partial charge is 0.363 e. The standard InChI is InChI=1S/C19H19N5O3/c1-13-18(21-19(25)24-22-13)23-20-11-15-8-9-16(26-2)17(10-15)27-12-14-6-4-3-5-7-14/h3-11H,12H2,1-2H3,(H2,21,23,24,25)/b20-11+. The number of nitrogens with one attached hydrogen (secondary N) is 2. The van der Waals surface area contributed by atoms with Gasteiger partial charge in [-0.1, -0.05) is 30.3 Å². The second kappa shape index (κ2) is 8.61. The van der Waals surface area contributed by atoms with Gasteiger partial charge in [0.15, 0.2) is 17.3 Å². The Morgan fingerprint density at radius 2 is 2.00 bits per heavy atom. The van der Waals surface area contributed by atoms with Crippen LogP contribution in [0.4, 0.5) is 5.82 Å². The number of aryl methyl sites for hydroxylation is 1. The lowest BCUT2D eigenvalue weighted by Crippen LogP contribution is -2.15. The van der Waals surface area contributed by atoms with Crippen LogP contribution in [0, 0.1) is 6.92 Å². The van der Waals surface area contributed by atoms with E-state index in [1.807, 2.05) is 42.5 Å². The molecule has 0 radical (unpaired) electrons. The van der Waals surface area contributed by atoms with Crippen LogP contribution in [0.5, 0.6) is 11.5 Å². The highest BCUT2D eigenvalue weighted by Gasteiger charge is 2.06. The molecule has 0 atom stereocenters. The fourth-order valence-corrected chi connectivity index (χ4v) is 2.29. The van der Waals surface area contributed by atoms with E-state index in [2.05, 4.69) is 25.7 Å². The van der Waals surface area contributed by atoms with Crippen molar-refractivity contribution in [3.63, 3.8) is 0 Å². The zero-order chi connectivity index (χ0) is 19.1. The van der Waals surface area contributed by atoms with Crippen LogP contribution in [0.25, 0.3) is 0 Å². The monoisotopic (exact) mass is 365 g/mol. The van der Waals surface area contributed by atoms with Crippen LogP contribution >= 0.6 is 0 Å². The fourth-order valence-electron chi connectivity index (χ4n) is 2.29. The number of benzene rings is 2. The zero-order valence-electron chi connectivity index (χ0n) is 15.0. The summed E-state index contributed by atoms with van der Waals surface area (Å²) in [5.74, 6) is 1.54. The lowest BCUT2D eigenvalue weighted by atomic mass is 10.2. The van der Waals surface area contributed by atoms with E-state index in [0.29, 0.717) is 29.6 Å². The van der Waals surface area contributed by atoms with Crippen LogP contribution < -0.4 is 20.6 Å². The Labute approximate surface area is 155 Å². The van der Waals surface area contributed by atoms with E-state index in [-0.39, 0.29) is 0 Å². The molecule has 0 bridgehead atoms. The Kier molecular flexibility index (Phi) is 5.78. The zero-order valence-corrected chi connectivity index (χ0v) is 15.0. The number of methoxy groups -OCH3 is 1. The third kappa shape index (κ3) is 4.91. The third-order valence-corrected chi connectivity index (χ3v) is 3.68. The molecule has 0 aliphatic carbocycles. The Morgan fingerprint density at radius 3 is 2.78 bits per heavy atom. The SMILES string of the molecule is COc1ccc(/C=N/Nc2nc(=O)[nH]nc2C)cc1OCc1ccccc1. The summed E-state index contributed by atoms with van der Waals surface area (Å²) in [5, 5.41) is 10.2. The van der Waals surface area contributed by atoms with Crippen LogP contribution in [0.1, 0.15) is 16.8 Å². The molecule has 0 aliphatic rings. The van der Waals surface area contributed by atoms with E-state index in [4.69, 9.17) is 9.47 Å². The highest BCUT2D eigenvalue weighted by Crippen LogP contribution is 2.28. The number of nitrogens with zero attached hydrogens (tertiary/aromatic N) is 3. The molecular formula is C19H19N5O3. The molecule has 8 nitrogen and oxygen atoms in total. The number of hydrazone groups is 1. The van der Waals surface area contributed by atoms with Gasteiger partial charge in [-0.05, 0) is 36.2 Å². The lowest BCUT2D eigenvalue weighted by molar-refractivity contribution is 0.284. The van der Waals surface area contributed by atoms with Gasteiger partial charge in [0.1, 0.15) is 12.3 Å². The number of anilines is 1. The van der Waals surface area contributed by atoms with Crippen molar-refractivity contribution in [2.45, 2.75) is 13.5 Å². The maximum absolute atomic E-state index is 11.2. The number of hydrogen-bond acceptors (Lipinski definition) is 7. The molecule has 0 aliphatic heterocycles. The molecule has 0 fully saturated rings. The summed E-state index contributed by atoms with van der Waals surface area (Å²) in [6.45, 7) is 2.14. The second-order valence-electron chi connectivity index (χ2n) is 5.63. The maximum Gasteiger partial charge on any atom is 0.363 e. The summed E-state index contributed by atoms with van der Waals surface area (Å²) >= 11 is 0. The number of rotatable bonds is 7. The predicted molar refractivity (Wildman–Crippen MR) is 102 cm³/mol. The molecule has 0 unspecified atom stereocenters. The maximum atomic E-state index is 11.2. The topological polar surface area (TPSA) is 101 Å². The molecule has 27 heavy (non-hydrogen) atoms. The second-order valence-corrected chi connectivity index (χ2v) is 5.63. The number of H-pyrrole nitrogens is 1.